The SMILES string of the molecule is CC(C)Oc1ccc(-c2nc(-c3ccc(CN4CCC(OC(=O)O)(OC(=O)O)CC4)cc3)no2)cc1. The molecular weight excluding hydrogens is 470 g/mol. The molecule has 1 saturated heterocycles. The quantitative estimate of drug-likeness (QED) is 0.325. The number of nitrogens with zero attached hydrogens (tertiary/aromatic N) is 3. The first kappa shape index (κ1) is 25.0. The van der Waals surface area contributed by atoms with Gasteiger partial charge in [-0.15, -0.1) is 0 Å². The Labute approximate surface area is 207 Å². The second-order valence-electron chi connectivity index (χ2n) is 8.73. The molecule has 4 rings (SSSR count). The summed E-state index contributed by atoms with van der Waals surface area (Å²) in [6.07, 6.45) is -2.82. The Morgan fingerprint density at radius 1 is 0.972 bits per heavy atom. The number of rotatable bonds is 8. The van der Waals surface area contributed by atoms with Crippen LogP contribution in [0.5, 0.6) is 5.75 Å². The van der Waals surface area contributed by atoms with E-state index in [1.807, 2.05) is 62.4 Å². The largest absolute Gasteiger partial charge is 0.509 e. The third-order valence-electron chi connectivity index (χ3n) is 5.68. The van der Waals surface area contributed by atoms with Crippen molar-refractivity contribution in [3.63, 3.8) is 0 Å². The second-order valence-corrected chi connectivity index (χ2v) is 8.73. The van der Waals surface area contributed by atoms with Gasteiger partial charge in [0.15, 0.2) is 0 Å². The van der Waals surface area contributed by atoms with E-state index in [1.54, 1.807) is 0 Å². The predicted molar refractivity (Wildman–Crippen MR) is 126 cm³/mol. The normalized spacial score (nSPS) is 15.4. The zero-order chi connectivity index (χ0) is 25.7. The monoisotopic (exact) mass is 497 g/mol. The maximum Gasteiger partial charge on any atom is 0.509 e. The Morgan fingerprint density at radius 3 is 2.11 bits per heavy atom. The highest BCUT2D eigenvalue weighted by molar-refractivity contribution is 5.61. The minimum Gasteiger partial charge on any atom is -0.491 e. The average molecular weight is 498 g/mol. The van der Waals surface area contributed by atoms with E-state index in [0.717, 1.165) is 22.4 Å². The summed E-state index contributed by atoms with van der Waals surface area (Å²) in [4.78, 5) is 28.5. The fourth-order valence-corrected chi connectivity index (χ4v) is 4.02. The molecule has 0 atom stereocenters. The van der Waals surface area contributed by atoms with Crippen LogP contribution in [0.4, 0.5) is 9.59 Å². The van der Waals surface area contributed by atoms with Gasteiger partial charge >= 0.3 is 12.3 Å². The van der Waals surface area contributed by atoms with Crippen molar-refractivity contribution in [2.24, 2.45) is 0 Å². The molecule has 11 nitrogen and oxygen atoms in total. The van der Waals surface area contributed by atoms with Crippen LogP contribution in [0.1, 0.15) is 32.3 Å². The summed E-state index contributed by atoms with van der Waals surface area (Å²) in [5, 5.41) is 22.0. The number of piperidine rings is 1. The van der Waals surface area contributed by atoms with Gasteiger partial charge in [0.25, 0.3) is 11.7 Å². The maximum absolute atomic E-state index is 11.0. The Hall–Kier alpha value is -4.12. The minimum absolute atomic E-state index is 0.0919. The highest BCUT2D eigenvalue weighted by Crippen LogP contribution is 2.30. The molecule has 0 radical (unpaired) electrons. The highest BCUT2D eigenvalue weighted by Gasteiger charge is 2.42. The summed E-state index contributed by atoms with van der Waals surface area (Å²) in [7, 11) is 0. The molecule has 3 aromatic rings. The van der Waals surface area contributed by atoms with Crippen LogP contribution < -0.4 is 4.74 Å². The number of ether oxygens (including phenoxy) is 3. The molecule has 0 amide bonds. The molecule has 0 aliphatic carbocycles. The van der Waals surface area contributed by atoms with Gasteiger partial charge in [-0.2, -0.15) is 4.98 Å². The molecule has 0 bridgehead atoms. The first-order valence-corrected chi connectivity index (χ1v) is 11.5. The number of hydrogen-bond donors (Lipinski definition) is 2. The Kier molecular flexibility index (Phi) is 7.39. The van der Waals surface area contributed by atoms with Gasteiger partial charge in [-0.1, -0.05) is 29.4 Å². The molecule has 0 saturated carbocycles. The Balaban J connectivity index is 1.36. The van der Waals surface area contributed by atoms with Crippen molar-refractivity contribution in [2.75, 3.05) is 13.1 Å². The van der Waals surface area contributed by atoms with E-state index in [1.165, 1.54) is 0 Å². The van der Waals surface area contributed by atoms with Crippen molar-refractivity contribution in [2.45, 2.75) is 45.1 Å². The lowest BCUT2D eigenvalue weighted by atomic mass is 10.0. The summed E-state index contributed by atoms with van der Waals surface area (Å²) < 4.78 is 20.6. The first-order valence-electron chi connectivity index (χ1n) is 11.5. The van der Waals surface area contributed by atoms with E-state index >= 15 is 0 Å². The molecule has 1 aromatic heterocycles. The van der Waals surface area contributed by atoms with Gasteiger partial charge in [0.05, 0.1) is 6.10 Å². The molecule has 11 heteroatoms. The first-order chi connectivity index (χ1) is 17.2. The number of likely N-dealkylation sites (tertiary alicyclic amines) is 1. The van der Waals surface area contributed by atoms with Gasteiger partial charge in [0, 0.05) is 43.6 Å². The van der Waals surface area contributed by atoms with Crippen LogP contribution in [-0.4, -0.2) is 62.5 Å². The Morgan fingerprint density at radius 2 is 1.56 bits per heavy atom. The van der Waals surface area contributed by atoms with Gasteiger partial charge in [0.2, 0.25) is 5.82 Å². The topological polar surface area (TPSA) is 144 Å². The zero-order valence-corrected chi connectivity index (χ0v) is 19.9. The van der Waals surface area contributed by atoms with Gasteiger partial charge in [-0.3, -0.25) is 4.90 Å². The lowest BCUT2D eigenvalue weighted by Gasteiger charge is -2.38. The standard InChI is InChI=1S/C25H27N3O8/c1-16(2)33-20-9-7-19(8-10-20)22-26-21(27-36-22)18-5-3-17(4-6-18)15-28-13-11-25(12-14-28,34-23(29)30)35-24(31)32/h3-10,16H,11-15H2,1-2H3,(H,29,30)(H,31,32). The smallest absolute Gasteiger partial charge is 0.491 e. The maximum atomic E-state index is 11.0. The van der Waals surface area contributed by atoms with Crippen LogP contribution in [0.25, 0.3) is 22.8 Å². The van der Waals surface area contributed by atoms with E-state index in [-0.39, 0.29) is 18.9 Å². The van der Waals surface area contributed by atoms with Crippen LogP contribution in [-0.2, 0) is 16.0 Å². The van der Waals surface area contributed by atoms with Gasteiger partial charge in [-0.05, 0) is 43.7 Å². The van der Waals surface area contributed by atoms with Crippen molar-refractivity contribution < 1.29 is 38.5 Å². The van der Waals surface area contributed by atoms with Crippen molar-refractivity contribution in [3.8, 4) is 28.6 Å². The second kappa shape index (κ2) is 10.6. The Bertz CT molecular complexity index is 1160. The van der Waals surface area contributed by atoms with Gasteiger partial charge < -0.3 is 28.9 Å². The lowest BCUT2D eigenvalue weighted by molar-refractivity contribution is -0.205. The van der Waals surface area contributed by atoms with Gasteiger partial charge in [-0.25, -0.2) is 9.59 Å². The molecule has 0 spiro atoms. The predicted octanol–water partition coefficient (Wildman–Crippen LogP) is 4.87. The van der Waals surface area contributed by atoms with Crippen LogP contribution in [0, 0.1) is 0 Å². The third-order valence-corrected chi connectivity index (χ3v) is 5.68. The molecule has 2 heterocycles. The molecule has 36 heavy (non-hydrogen) atoms. The number of benzene rings is 2. The van der Waals surface area contributed by atoms with Crippen molar-refractivity contribution in [1.82, 2.24) is 15.0 Å². The summed E-state index contributed by atoms with van der Waals surface area (Å²) >= 11 is 0. The van der Waals surface area contributed by atoms with Crippen molar-refractivity contribution >= 4 is 12.3 Å². The molecule has 2 aromatic carbocycles. The number of hydrogen-bond acceptors (Lipinski definition) is 9. The number of aromatic nitrogens is 2. The molecule has 2 N–H and O–H groups in total. The van der Waals surface area contributed by atoms with Crippen LogP contribution in [0.2, 0.25) is 0 Å². The average Bonchev–Trinajstić information content (AvgIpc) is 3.31. The molecular formula is C25H27N3O8. The fourth-order valence-electron chi connectivity index (χ4n) is 4.02. The molecule has 1 aliphatic rings. The fraction of sp³-hybridized carbons (Fsp3) is 0.360. The summed E-state index contributed by atoms with van der Waals surface area (Å²) in [6.45, 7) is 5.36. The molecule has 0 unspecified atom stereocenters. The van der Waals surface area contributed by atoms with E-state index in [4.69, 9.17) is 28.9 Å². The zero-order valence-electron chi connectivity index (χ0n) is 19.9. The summed E-state index contributed by atoms with van der Waals surface area (Å²) in [5.41, 5.74) is 2.62. The molecule has 1 aliphatic heterocycles. The van der Waals surface area contributed by atoms with E-state index in [9.17, 15) is 9.59 Å². The van der Waals surface area contributed by atoms with E-state index in [2.05, 4.69) is 15.0 Å². The van der Waals surface area contributed by atoms with Crippen molar-refractivity contribution in [3.05, 3.63) is 54.1 Å². The molecule has 1 fully saturated rings. The highest BCUT2D eigenvalue weighted by atomic mass is 16.8. The summed E-state index contributed by atoms with van der Waals surface area (Å²) in [5.74, 6) is -0.0178. The van der Waals surface area contributed by atoms with Crippen LogP contribution in [0.3, 0.4) is 0 Å². The van der Waals surface area contributed by atoms with Crippen LogP contribution >= 0.6 is 0 Å². The van der Waals surface area contributed by atoms with E-state index in [0.29, 0.717) is 31.3 Å². The van der Waals surface area contributed by atoms with Crippen LogP contribution in [0.15, 0.2) is 53.1 Å². The lowest BCUT2D eigenvalue weighted by Crippen LogP contribution is -2.49. The molecule has 190 valence electrons. The minimum atomic E-state index is -1.67. The van der Waals surface area contributed by atoms with Gasteiger partial charge in [0.1, 0.15) is 5.75 Å². The van der Waals surface area contributed by atoms with Crippen molar-refractivity contribution in [1.29, 1.82) is 0 Å². The number of carboxylic acid groups (broad SMARTS) is 2. The van der Waals surface area contributed by atoms with E-state index < -0.39 is 18.1 Å². The third kappa shape index (κ3) is 6.30. The number of carbonyl (C=O) groups is 2. The summed E-state index contributed by atoms with van der Waals surface area (Å²) in [6, 6.07) is 15.2.